The van der Waals surface area contributed by atoms with Crippen LogP contribution >= 0.6 is 0 Å². The molecule has 0 spiro atoms. The van der Waals surface area contributed by atoms with E-state index in [0.717, 1.165) is 57.1 Å². The normalized spacial score (nSPS) is 19.2. The topological polar surface area (TPSA) is 30.9 Å². The molecule has 0 bridgehead atoms. The zero-order valence-electron chi connectivity index (χ0n) is 16.3. The third kappa shape index (κ3) is 8.05. The number of rotatable bonds is 10. The van der Waals surface area contributed by atoms with Gasteiger partial charge in [0.2, 0.25) is 0 Å². The molecule has 4 nitrogen and oxygen atoms in total. The summed E-state index contributed by atoms with van der Waals surface area (Å²) in [6, 6.07) is 0. The van der Waals surface area contributed by atoms with Crippen LogP contribution in [0.4, 0.5) is 0 Å². The Bertz CT molecular complexity index is 323. The van der Waals surface area contributed by atoms with Crippen molar-refractivity contribution >= 4 is 5.96 Å². The maximum Gasteiger partial charge on any atom is 0.193 e. The van der Waals surface area contributed by atoms with Gasteiger partial charge in [-0.25, -0.2) is 0 Å². The second-order valence-electron chi connectivity index (χ2n) is 7.21. The van der Waals surface area contributed by atoms with Crippen molar-refractivity contribution in [2.45, 2.75) is 60.3 Å². The van der Waals surface area contributed by atoms with Gasteiger partial charge in [0, 0.05) is 32.7 Å². The minimum Gasteiger partial charge on any atom is -0.357 e. The van der Waals surface area contributed by atoms with Crippen molar-refractivity contribution < 1.29 is 0 Å². The quantitative estimate of drug-likeness (QED) is 0.379. The van der Waals surface area contributed by atoms with Gasteiger partial charge >= 0.3 is 0 Å². The molecule has 0 radical (unpaired) electrons. The van der Waals surface area contributed by atoms with E-state index in [4.69, 9.17) is 4.99 Å². The van der Waals surface area contributed by atoms with Crippen LogP contribution in [-0.2, 0) is 0 Å². The number of nitrogens with one attached hydrogen (secondary N) is 1. The average molecular weight is 325 g/mol. The molecule has 1 heterocycles. The molecule has 0 aromatic rings. The number of aliphatic imine (C=N–C) groups is 1. The Hall–Kier alpha value is -0.770. The van der Waals surface area contributed by atoms with E-state index < -0.39 is 0 Å². The summed E-state index contributed by atoms with van der Waals surface area (Å²) in [5.41, 5.74) is 0. The van der Waals surface area contributed by atoms with Gasteiger partial charge in [-0.15, -0.1) is 0 Å². The third-order valence-corrected chi connectivity index (χ3v) is 4.78. The van der Waals surface area contributed by atoms with Crippen molar-refractivity contribution in [3.63, 3.8) is 0 Å². The van der Waals surface area contributed by atoms with Crippen LogP contribution < -0.4 is 5.32 Å². The van der Waals surface area contributed by atoms with Gasteiger partial charge in [-0.3, -0.25) is 4.99 Å². The van der Waals surface area contributed by atoms with Crippen LogP contribution in [0.2, 0.25) is 0 Å². The van der Waals surface area contributed by atoms with Crippen molar-refractivity contribution in [2.75, 3.05) is 45.8 Å². The first kappa shape index (κ1) is 20.3. The summed E-state index contributed by atoms with van der Waals surface area (Å²) in [7, 11) is 0. The first-order valence-electron chi connectivity index (χ1n) is 9.86. The summed E-state index contributed by atoms with van der Waals surface area (Å²) in [5, 5.41) is 3.49. The molecule has 1 unspecified atom stereocenters. The van der Waals surface area contributed by atoms with E-state index >= 15 is 0 Å². The van der Waals surface area contributed by atoms with E-state index in [2.05, 4.69) is 49.7 Å². The van der Waals surface area contributed by atoms with Crippen LogP contribution in [0.5, 0.6) is 0 Å². The maximum absolute atomic E-state index is 4.86. The van der Waals surface area contributed by atoms with Crippen molar-refractivity contribution in [1.29, 1.82) is 0 Å². The second-order valence-corrected chi connectivity index (χ2v) is 7.21. The van der Waals surface area contributed by atoms with Gasteiger partial charge in [0.1, 0.15) is 0 Å². The highest BCUT2D eigenvalue weighted by molar-refractivity contribution is 5.80. The SMILES string of the molecule is CCNC(=NCCCCC(C)C)N1CCC(CN(CC)CC)C1. The molecule has 1 fully saturated rings. The summed E-state index contributed by atoms with van der Waals surface area (Å²) in [6.45, 7) is 19.1. The Morgan fingerprint density at radius 2 is 1.96 bits per heavy atom. The summed E-state index contributed by atoms with van der Waals surface area (Å²) < 4.78 is 0. The van der Waals surface area contributed by atoms with Crippen LogP contribution in [0.15, 0.2) is 4.99 Å². The second kappa shape index (κ2) is 11.7. The molecule has 0 aromatic heterocycles. The molecule has 0 aliphatic carbocycles. The van der Waals surface area contributed by atoms with Crippen molar-refractivity contribution in [1.82, 2.24) is 15.1 Å². The largest absolute Gasteiger partial charge is 0.357 e. The fourth-order valence-corrected chi connectivity index (χ4v) is 3.30. The van der Waals surface area contributed by atoms with Gasteiger partial charge in [-0.1, -0.05) is 40.5 Å². The van der Waals surface area contributed by atoms with Gasteiger partial charge in [0.05, 0.1) is 0 Å². The number of hydrogen-bond acceptors (Lipinski definition) is 2. The Morgan fingerprint density at radius 1 is 1.22 bits per heavy atom. The minimum absolute atomic E-state index is 0.791. The van der Waals surface area contributed by atoms with E-state index in [0.29, 0.717) is 0 Å². The molecule has 1 aliphatic rings. The Balaban J connectivity index is 2.41. The molecule has 1 saturated heterocycles. The van der Waals surface area contributed by atoms with Gasteiger partial charge in [-0.05, 0) is 44.7 Å². The monoisotopic (exact) mass is 324 g/mol. The fraction of sp³-hybridized carbons (Fsp3) is 0.947. The summed E-state index contributed by atoms with van der Waals surface area (Å²) in [4.78, 5) is 9.88. The van der Waals surface area contributed by atoms with E-state index in [1.807, 2.05) is 0 Å². The van der Waals surface area contributed by atoms with E-state index in [-0.39, 0.29) is 0 Å². The van der Waals surface area contributed by atoms with Gasteiger partial charge in [-0.2, -0.15) is 0 Å². The zero-order chi connectivity index (χ0) is 17.1. The highest BCUT2D eigenvalue weighted by atomic mass is 15.3. The lowest BCUT2D eigenvalue weighted by Gasteiger charge is -2.24. The molecule has 1 atom stereocenters. The third-order valence-electron chi connectivity index (χ3n) is 4.78. The smallest absolute Gasteiger partial charge is 0.193 e. The predicted octanol–water partition coefficient (Wildman–Crippen LogP) is 3.44. The van der Waals surface area contributed by atoms with Crippen LogP contribution in [0.25, 0.3) is 0 Å². The standard InChI is InChI=1S/C19H40N4/c1-6-20-19(21-13-10-9-11-17(4)5)23-14-12-18(16-23)15-22(7-2)8-3/h17-18H,6-16H2,1-5H3,(H,20,21). The summed E-state index contributed by atoms with van der Waals surface area (Å²) in [6.07, 6.45) is 5.13. The molecule has 1 rings (SSSR count). The van der Waals surface area contributed by atoms with Crippen molar-refractivity contribution in [3.05, 3.63) is 0 Å². The van der Waals surface area contributed by atoms with Crippen LogP contribution in [-0.4, -0.2) is 61.6 Å². The molecule has 0 saturated carbocycles. The van der Waals surface area contributed by atoms with E-state index in [1.54, 1.807) is 0 Å². The molecule has 0 aromatic carbocycles. The maximum atomic E-state index is 4.86. The summed E-state index contributed by atoms with van der Waals surface area (Å²) in [5.74, 6) is 2.74. The number of guanidine groups is 1. The minimum atomic E-state index is 0.791. The molecule has 0 amide bonds. The van der Waals surface area contributed by atoms with Gasteiger partial charge in [0.15, 0.2) is 5.96 Å². The molecule has 23 heavy (non-hydrogen) atoms. The highest BCUT2D eigenvalue weighted by Gasteiger charge is 2.25. The number of nitrogens with zero attached hydrogens (tertiary/aromatic N) is 3. The van der Waals surface area contributed by atoms with Crippen LogP contribution in [0.1, 0.15) is 60.3 Å². The first-order valence-corrected chi connectivity index (χ1v) is 9.86. The lowest BCUT2D eigenvalue weighted by molar-refractivity contribution is 0.255. The average Bonchev–Trinajstić information content (AvgIpc) is 2.99. The summed E-state index contributed by atoms with van der Waals surface area (Å²) >= 11 is 0. The number of unbranched alkanes of at least 4 members (excludes halogenated alkanes) is 1. The molecule has 1 aliphatic heterocycles. The lowest BCUT2D eigenvalue weighted by Crippen LogP contribution is -2.41. The Labute approximate surface area is 144 Å². The number of hydrogen-bond donors (Lipinski definition) is 1. The lowest BCUT2D eigenvalue weighted by atomic mass is 10.1. The van der Waals surface area contributed by atoms with Crippen molar-refractivity contribution in [3.8, 4) is 0 Å². The van der Waals surface area contributed by atoms with E-state index in [1.165, 1.54) is 32.2 Å². The fourth-order valence-electron chi connectivity index (χ4n) is 3.30. The molecular formula is C19H40N4. The Kier molecular flexibility index (Phi) is 10.3. The Morgan fingerprint density at radius 3 is 2.57 bits per heavy atom. The first-order chi connectivity index (χ1) is 11.1. The predicted molar refractivity (Wildman–Crippen MR) is 102 cm³/mol. The van der Waals surface area contributed by atoms with Crippen molar-refractivity contribution in [2.24, 2.45) is 16.8 Å². The van der Waals surface area contributed by atoms with Crippen LogP contribution in [0.3, 0.4) is 0 Å². The van der Waals surface area contributed by atoms with Gasteiger partial charge in [0.25, 0.3) is 0 Å². The molecule has 136 valence electrons. The zero-order valence-corrected chi connectivity index (χ0v) is 16.3. The van der Waals surface area contributed by atoms with Crippen LogP contribution in [0, 0.1) is 11.8 Å². The molecule has 1 N–H and O–H groups in total. The highest BCUT2D eigenvalue weighted by Crippen LogP contribution is 2.17. The van der Waals surface area contributed by atoms with Gasteiger partial charge < -0.3 is 15.1 Å². The number of likely N-dealkylation sites (tertiary alicyclic amines) is 1. The van der Waals surface area contributed by atoms with E-state index in [9.17, 15) is 0 Å². The molecular weight excluding hydrogens is 284 g/mol. The molecule has 4 heteroatoms.